The largest absolute Gasteiger partial charge is 0.391 e. The smallest absolute Gasteiger partial charge is 0.132 e. The van der Waals surface area contributed by atoms with E-state index in [1.54, 1.807) is 6.07 Å². The Morgan fingerprint density at radius 1 is 1.50 bits per heavy atom. The highest BCUT2D eigenvalue weighted by Crippen LogP contribution is 2.36. The van der Waals surface area contributed by atoms with Crippen LogP contribution in [0.5, 0.6) is 0 Å². The standard InChI is InChI=1S/C15H21ClIN3OS/c1-15(2,3)12-7-9(21)8-20(12)14(18)13-10(16)5-4-6-11(13)19-22-17/h4-6,9,12,18-19,21H,7-8H2,1-3H3. The first-order chi connectivity index (χ1) is 10.3. The molecule has 4 nitrogen and oxygen atoms in total. The highest BCUT2D eigenvalue weighted by atomic mass is 127. The molecule has 2 unspecified atom stereocenters. The first-order valence-corrected chi connectivity index (χ1v) is 10.8. The SMILES string of the molecule is CC(C)(C)C1CC(O)CN1C(=N)c1c(Cl)cccc1NSI. The van der Waals surface area contributed by atoms with E-state index in [0.29, 0.717) is 29.4 Å². The molecule has 0 aliphatic carbocycles. The van der Waals surface area contributed by atoms with E-state index < -0.39 is 6.10 Å². The van der Waals surface area contributed by atoms with Crippen LogP contribution in [0.2, 0.25) is 5.02 Å². The van der Waals surface area contributed by atoms with Crippen molar-refractivity contribution in [2.24, 2.45) is 5.41 Å². The Morgan fingerprint density at radius 2 is 2.18 bits per heavy atom. The molecule has 2 rings (SSSR count). The molecule has 7 heteroatoms. The lowest BCUT2D eigenvalue weighted by molar-refractivity contribution is 0.182. The fourth-order valence-corrected chi connectivity index (χ4v) is 4.15. The van der Waals surface area contributed by atoms with Gasteiger partial charge in [0, 0.05) is 42.9 Å². The van der Waals surface area contributed by atoms with Gasteiger partial charge in [0.25, 0.3) is 0 Å². The topological polar surface area (TPSA) is 59.4 Å². The van der Waals surface area contributed by atoms with Gasteiger partial charge in [-0.05, 0) is 24.0 Å². The lowest BCUT2D eigenvalue weighted by atomic mass is 9.84. The molecule has 0 radical (unpaired) electrons. The van der Waals surface area contributed by atoms with E-state index in [0.717, 1.165) is 5.69 Å². The maximum Gasteiger partial charge on any atom is 0.132 e. The van der Waals surface area contributed by atoms with E-state index in [-0.39, 0.29) is 11.5 Å². The molecule has 22 heavy (non-hydrogen) atoms. The molecule has 0 saturated carbocycles. The molecule has 2 atom stereocenters. The first kappa shape index (κ1) is 18.2. The predicted octanol–water partition coefficient (Wildman–Crippen LogP) is 4.56. The third kappa shape index (κ3) is 3.83. The number of halogens is 2. The molecule has 1 aromatic carbocycles. The predicted molar refractivity (Wildman–Crippen MR) is 104 cm³/mol. The van der Waals surface area contributed by atoms with Crippen molar-refractivity contribution in [3.8, 4) is 0 Å². The normalized spacial score (nSPS) is 22.0. The number of β-amino-alcohol motifs (C(OH)–C–C–N with tert-alkyl or cyclic N) is 1. The van der Waals surface area contributed by atoms with Gasteiger partial charge in [-0.25, -0.2) is 0 Å². The van der Waals surface area contributed by atoms with Crippen LogP contribution >= 0.6 is 41.9 Å². The molecule has 0 amide bonds. The van der Waals surface area contributed by atoms with E-state index in [4.69, 9.17) is 17.0 Å². The Bertz CT molecular complexity index is 564. The molecule has 1 heterocycles. The minimum Gasteiger partial charge on any atom is -0.391 e. The molecule has 1 fully saturated rings. The fourth-order valence-electron chi connectivity index (χ4n) is 2.92. The molecule has 1 aliphatic heterocycles. The number of rotatable bonds is 3. The molecule has 122 valence electrons. The number of anilines is 1. The Labute approximate surface area is 153 Å². The van der Waals surface area contributed by atoms with Gasteiger partial charge in [-0.15, -0.1) is 0 Å². The van der Waals surface area contributed by atoms with Crippen molar-refractivity contribution in [3.63, 3.8) is 0 Å². The number of aliphatic hydroxyl groups excluding tert-OH is 1. The van der Waals surface area contributed by atoms with Crippen LogP contribution in [0.1, 0.15) is 32.8 Å². The summed E-state index contributed by atoms with van der Waals surface area (Å²) in [5.41, 5.74) is 1.50. The highest BCUT2D eigenvalue weighted by molar-refractivity contribution is 14.2. The van der Waals surface area contributed by atoms with Crippen LogP contribution in [-0.4, -0.2) is 34.5 Å². The summed E-state index contributed by atoms with van der Waals surface area (Å²) in [5.74, 6) is 0.370. The molecule has 0 bridgehead atoms. The van der Waals surface area contributed by atoms with Gasteiger partial charge >= 0.3 is 0 Å². The zero-order valence-corrected chi connectivity index (χ0v) is 16.6. The van der Waals surface area contributed by atoms with Crippen molar-refractivity contribution in [1.82, 2.24) is 4.90 Å². The summed E-state index contributed by atoms with van der Waals surface area (Å²) >= 11 is 8.50. The van der Waals surface area contributed by atoms with Crippen LogP contribution in [0.25, 0.3) is 0 Å². The molecule has 1 aliphatic rings. The summed E-state index contributed by atoms with van der Waals surface area (Å²) in [5, 5.41) is 19.3. The Balaban J connectivity index is 2.39. The number of nitrogens with zero attached hydrogens (tertiary/aromatic N) is 1. The van der Waals surface area contributed by atoms with Crippen LogP contribution in [-0.2, 0) is 0 Å². The third-order valence-electron chi connectivity index (χ3n) is 3.96. The van der Waals surface area contributed by atoms with Crippen LogP contribution < -0.4 is 4.72 Å². The maximum absolute atomic E-state index is 10.1. The number of hydrogen-bond acceptors (Lipinski definition) is 4. The number of likely N-dealkylation sites (tertiary alicyclic amines) is 1. The van der Waals surface area contributed by atoms with Gasteiger partial charge in [0.15, 0.2) is 0 Å². The average Bonchev–Trinajstić information content (AvgIpc) is 2.81. The molecular weight excluding hydrogens is 433 g/mol. The number of hydrogen-bond donors (Lipinski definition) is 3. The second kappa shape index (κ2) is 7.15. The second-order valence-electron chi connectivity index (χ2n) is 6.61. The maximum atomic E-state index is 10.1. The van der Waals surface area contributed by atoms with E-state index in [2.05, 4.69) is 46.7 Å². The van der Waals surface area contributed by atoms with Crippen molar-refractivity contribution in [1.29, 1.82) is 5.41 Å². The van der Waals surface area contributed by atoms with Gasteiger partial charge in [0.05, 0.1) is 22.4 Å². The quantitative estimate of drug-likeness (QED) is 0.272. The Morgan fingerprint density at radius 3 is 2.77 bits per heavy atom. The van der Waals surface area contributed by atoms with Crippen LogP contribution in [0.4, 0.5) is 5.69 Å². The lowest BCUT2D eigenvalue weighted by Gasteiger charge is -2.36. The molecule has 0 aromatic heterocycles. The zero-order chi connectivity index (χ0) is 16.5. The summed E-state index contributed by atoms with van der Waals surface area (Å²) < 4.78 is 3.18. The summed E-state index contributed by atoms with van der Waals surface area (Å²) in [6.45, 7) is 6.90. The van der Waals surface area contributed by atoms with Crippen LogP contribution in [0.3, 0.4) is 0 Å². The monoisotopic (exact) mass is 453 g/mol. The van der Waals surface area contributed by atoms with Gasteiger partial charge in [-0.1, -0.05) is 38.4 Å². The molecule has 0 spiro atoms. The fraction of sp³-hybridized carbons (Fsp3) is 0.533. The summed E-state index contributed by atoms with van der Waals surface area (Å²) in [6, 6.07) is 5.70. The van der Waals surface area contributed by atoms with E-state index in [1.807, 2.05) is 17.0 Å². The summed E-state index contributed by atoms with van der Waals surface area (Å²) in [4.78, 5) is 1.98. The Hall–Kier alpha value is -0.180. The van der Waals surface area contributed by atoms with Crippen molar-refractivity contribution < 1.29 is 5.11 Å². The first-order valence-electron chi connectivity index (χ1n) is 7.11. The van der Waals surface area contributed by atoms with Crippen LogP contribution in [0, 0.1) is 10.8 Å². The zero-order valence-electron chi connectivity index (χ0n) is 12.9. The van der Waals surface area contributed by atoms with E-state index in [1.165, 1.54) is 9.12 Å². The lowest BCUT2D eigenvalue weighted by Crippen LogP contribution is -2.43. The van der Waals surface area contributed by atoms with Crippen molar-refractivity contribution in [2.75, 3.05) is 11.3 Å². The number of nitrogens with one attached hydrogen (secondary N) is 2. The van der Waals surface area contributed by atoms with Crippen molar-refractivity contribution in [3.05, 3.63) is 28.8 Å². The number of amidine groups is 1. The van der Waals surface area contributed by atoms with E-state index >= 15 is 0 Å². The second-order valence-corrected chi connectivity index (χ2v) is 8.70. The van der Waals surface area contributed by atoms with Crippen molar-refractivity contribution in [2.45, 2.75) is 39.3 Å². The van der Waals surface area contributed by atoms with Gasteiger partial charge in [0.1, 0.15) is 5.84 Å². The minimum atomic E-state index is -0.401. The summed E-state index contributed by atoms with van der Waals surface area (Å²) in [7, 11) is 1.44. The molecular formula is C15H21ClIN3OS. The van der Waals surface area contributed by atoms with Crippen LogP contribution in [0.15, 0.2) is 18.2 Å². The molecule has 1 saturated heterocycles. The van der Waals surface area contributed by atoms with Gasteiger partial charge in [-0.3, -0.25) is 5.41 Å². The highest BCUT2D eigenvalue weighted by Gasteiger charge is 2.40. The minimum absolute atomic E-state index is 0.0172. The Kier molecular flexibility index (Phi) is 5.90. The van der Waals surface area contributed by atoms with Crippen molar-refractivity contribution >= 4 is 53.4 Å². The van der Waals surface area contributed by atoms with Gasteiger partial charge < -0.3 is 14.7 Å². The van der Waals surface area contributed by atoms with Gasteiger partial charge in [0.2, 0.25) is 0 Å². The molecule has 1 aromatic rings. The van der Waals surface area contributed by atoms with Gasteiger partial charge in [-0.2, -0.15) is 0 Å². The summed E-state index contributed by atoms with van der Waals surface area (Å²) in [6.07, 6.45) is 0.280. The molecule has 3 N–H and O–H groups in total. The number of aliphatic hydroxyl groups is 1. The third-order valence-corrected chi connectivity index (χ3v) is 5.24. The average molecular weight is 454 g/mol. The number of benzene rings is 1. The van der Waals surface area contributed by atoms with E-state index in [9.17, 15) is 5.11 Å².